The van der Waals surface area contributed by atoms with E-state index in [0.717, 1.165) is 64.9 Å². The van der Waals surface area contributed by atoms with Crippen molar-refractivity contribution in [2.24, 2.45) is 10.9 Å². The molecule has 1 saturated heterocycles. The van der Waals surface area contributed by atoms with Crippen molar-refractivity contribution in [2.75, 3.05) is 20.8 Å². The number of halogens is 2. The van der Waals surface area contributed by atoms with Gasteiger partial charge in [-0.3, -0.25) is 18.1 Å². The van der Waals surface area contributed by atoms with Gasteiger partial charge in [-0.1, -0.05) is 24.5 Å². The number of aliphatic imine (C=N–C) groups is 1. The first-order valence-electron chi connectivity index (χ1n) is 20.8. The number of amides is 1. The van der Waals surface area contributed by atoms with Gasteiger partial charge in [0, 0.05) is 47.6 Å². The van der Waals surface area contributed by atoms with Crippen molar-refractivity contribution in [2.45, 2.75) is 101 Å². The van der Waals surface area contributed by atoms with Crippen LogP contribution in [0.2, 0.25) is 0 Å². The highest BCUT2D eigenvalue weighted by atomic mass is 19.2. The molecule has 6 atom stereocenters. The molecule has 0 radical (unpaired) electrons. The number of carbonyl (C=O) groups excluding carboxylic acids is 1. The van der Waals surface area contributed by atoms with Gasteiger partial charge in [-0.15, -0.1) is 5.10 Å². The second-order valence-electron chi connectivity index (χ2n) is 15.7. The number of likely N-dealkylation sites (tertiary alicyclic amines) is 1. The van der Waals surface area contributed by atoms with Gasteiger partial charge in [-0.2, -0.15) is 0 Å². The summed E-state index contributed by atoms with van der Waals surface area (Å²) < 4.78 is 43.4. The summed E-state index contributed by atoms with van der Waals surface area (Å²) >= 11 is 0. The molecule has 60 heavy (non-hydrogen) atoms. The summed E-state index contributed by atoms with van der Waals surface area (Å²) in [5, 5.41) is 48.9. The fourth-order valence-electron chi connectivity index (χ4n) is 8.62. The molecular weight excluding hydrogens is 773 g/mol. The average molecular weight is 827 g/mol. The third kappa shape index (κ3) is 9.41. The molecule has 13 nitrogen and oxygen atoms in total. The number of rotatable bonds is 20. The van der Waals surface area contributed by atoms with Gasteiger partial charge < -0.3 is 39.3 Å². The lowest BCUT2D eigenvalue weighted by atomic mass is 9.83. The summed E-state index contributed by atoms with van der Waals surface area (Å²) in [6.07, 6.45) is 9.27. The number of benzene rings is 2. The predicted molar refractivity (Wildman–Crippen MR) is 224 cm³/mol. The summed E-state index contributed by atoms with van der Waals surface area (Å²) in [6, 6.07) is 17.2. The highest BCUT2D eigenvalue weighted by Gasteiger charge is 2.65. The number of hydrogen-bond donors (Lipinski definition) is 4. The van der Waals surface area contributed by atoms with Crippen LogP contribution < -0.4 is 9.47 Å². The van der Waals surface area contributed by atoms with Gasteiger partial charge in [-0.05, 0) is 117 Å². The molecule has 2 aliphatic heterocycles. The molecule has 3 aliphatic rings. The molecular formula is C44H53BF2N6O7. The number of aliphatic hydroxyl groups excluding tert-OH is 4. The maximum absolute atomic E-state index is 14.9. The van der Waals surface area contributed by atoms with Crippen LogP contribution in [-0.4, -0.2) is 115 Å². The van der Waals surface area contributed by atoms with Crippen molar-refractivity contribution in [3.63, 3.8) is 0 Å². The van der Waals surface area contributed by atoms with Crippen molar-refractivity contribution in [1.29, 1.82) is 0 Å². The zero-order chi connectivity index (χ0) is 42.3. The van der Waals surface area contributed by atoms with Gasteiger partial charge in [-0.25, -0.2) is 4.99 Å². The Labute approximate surface area is 348 Å². The van der Waals surface area contributed by atoms with Gasteiger partial charge in [0.25, 0.3) is 0 Å². The van der Waals surface area contributed by atoms with E-state index >= 15 is 0 Å². The number of carbonyl (C=O) groups is 1. The molecule has 2 aromatic carbocycles. The Kier molecular flexibility index (Phi) is 13.9. The number of ether oxygens (including phenoxy) is 2. The normalized spacial score (nSPS) is 22.7. The van der Waals surface area contributed by atoms with E-state index in [1.165, 1.54) is 4.90 Å². The van der Waals surface area contributed by atoms with E-state index in [-0.39, 0.29) is 12.5 Å². The van der Waals surface area contributed by atoms with E-state index in [1.807, 2.05) is 47.3 Å². The fourth-order valence-corrected chi connectivity index (χ4v) is 8.62. The number of methoxy groups -OCH3 is 2. The number of nitrogens with zero attached hydrogens (tertiary/aromatic N) is 6. The number of aryl methyl sites for hydroxylation is 2. The van der Waals surface area contributed by atoms with Crippen LogP contribution >= 0.6 is 0 Å². The highest BCUT2D eigenvalue weighted by molar-refractivity contribution is 6.42. The Bertz CT molecular complexity index is 2170. The minimum Gasteiger partial charge on any atom is -0.497 e. The van der Waals surface area contributed by atoms with Gasteiger partial charge in [0.05, 0.1) is 56.1 Å². The second-order valence-corrected chi connectivity index (χ2v) is 15.7. The summed E-state index contributed by atoms with van der Waals surface area (Å²) in [5.74, 6) is 0.589. The maximum atomic E-state index is 14.9. The third-order valence-electron chi connectivity index (χ3n) is 11.9. The van der Waals surface area contributed by atoms with Crippen LogP contribution in [0.5, 0.6) is 11.5 Å². The van der Waals surface area contributed by atoms with E-state index in [4.69, 9.17) is 14.5 Å². The van der Waals surface area contributed by atoms with E-state index in [1.54, 1.807) is 50.6 Å². The van der Waals surface area contributed by atoms with Crippen LogP contribution in [0.25, 0.3) is 16.8 Å². The molecule has 4 heterocycles. The molecule has 1 saturated carbocycles. The molecule has 16 heteroatoms. The van der Waals surface area contributed by atoms with Crippen LogP contribution in [0.4, 0.5) is 8.63 Å². The summed E-state index contributed by atoms with van der Waals surface area (Å²) in [4.78, 5) is 19.2. The average Bonchev–Trinajstić information content (AvgIpc) is 3.62. The smallest absolute Gasteiger partial charge is 0.497 e. The van der Waals surface area contributed by atoms with Crippen molar-refractivity contribution < 1.29 is 43.3 Å². The summed E-state index contributed by atoms with van der Waals surface area (Å²) in [6.45, 7) is 0.353. The quantitative estimate of drug-likeness (QED) is 0.0523. The first-order valence-corrected chi connectivity index (χ1v) is 20.8. The topological polar surface area (TPSA) is 167 Å². The third-order valence-corrected chi connectivity index (χ3v) is 11.9. The predicted octanol–water partition coefficient (Wildman–Crippen LogP) is 5.34. The first-order chi connectivity index (χ1) is 29.1. The van der Waals surface area contributed by atoms with Gasteiger partial charge >= 0.3 is 7.40 Å². The number of allylic oxidation sites excluding steroid dienone is 3. The van der Waals surface area contributed by atoms with Crippen LogP contribution in [-0.2, 0) is 17.8 Å². The molecule has 2 fully saturated rings. The molecule has 1 aliphatic carbocycles. The Morgan fingerprint density at radius 2 is 1.43 bits per heavy atom. The zero-order valence-electron chi connectivity index (χ0n) is 34.0. The molecule has 4 aromatic rings. The number of aliphatic hydroxyl groups is 4. The van der Waals surface area contributed by atoms with E-state index < -0.39 is 43.7 Å². The fraction of sp³-hybridized carbons (Fsp3) is 0.455. The van der Waals surface area contributed by atoms with E-state index in [2.05, 4.69) is 10.3 Å². The van der Waals surface area contributed by atoms with Gasteiger partial charge in [0.2, 0.25) is 5.91 Å². The maximum Gasteiger partial charge on any atom is 0.678 e. The number of unbranched alkanes of at least 4 members (excludes halogenated alkanes) is 5. The van der Waals surface area contributed by atoms with Crippen molar-refractivity contribution in [1.82, 2.24) is 24.4 Å². The second kappa shape index (κ2) is 19.5. The molecule has 7 rings (SSSR count). The monoisotopic (exact) mass is 826 g/mol. The van der Waals surface area contributed by atoms with Crippen LogP contribution in [0, 0.1) is 5.92 Å². The Balaban J connectivity index is 0.911. The number of fused-ring (bicyclic) bond motifs is 1. The molecule has 0 bridgehead atoms. The van der Waals surface area contributed by atoms with E-state index in [0.29, 0.717) is 67.0 Å². The molecule has 0 spiro atoms. The lowest BCUT2D eigenvalue weighted by Gasteiger charge is -2.31. The van der Waals surface area contributed by atoms with Crippen molar-refractivity contribution in [3.05, 3.63) is 102 Å². The Morgan fingerprint density at radius 1 is 0.767 bits per heavy atom. The summed E-state index contributed by atoms with van der Waals surface area (Å²) in [7, 11) is 0.398. The molecule has 0 unspecified atom stereocenters. The summed E-state index contributed by atoms with van der Waals surface area (Å²) in [5.41, 5.74) is 5.37. The lowest BCUT2D eigenvalue weighted by molar-refractivity contribution is -0.127. The molecule has 318 valence electrons. The van der Waals surface area contributed by atoms with Crippen LogP contribution in [0.15, 0.2) is 89.7 Å². The van der Waals surface area contributed by atoms with Crippen LogP contribution in [0.1, 0.15) is 74.7 Å². The van der Waals surface area contributed by atoms with E-state index in [9.17, 15) is 33.9 Å². The standard InChI is InChI=1S/C44H53BF2N6O7/c1-59-31-17-13-28(14-18-31)35-21-22-36(48-35)33(38-24-23-37(53(38)45(46)47)29-15-19-32(60-2)20-16-29)11-8-7-10-30-26-51(50-49-30)25-9-5-3-4-6-12-39(55)52-40-34(27-54)42(56)44(58)43(57)41(40)52/h13-24,26,34,40-44,54,56-58H,3-12,25,27H2,1-2H3/b36-33-/t34-,40-,41-,42-,43-,44-,52?/m0/s1. The minimum absolute atomic E-state index is 0.129. The largest absolute Gasteiger partial charge is 0.678 e. The molecule has 1 amide bonds. The lowest BCUT2D eigenvalue weighted by Crippen LogP contribution is -2.52. The Hall–Kier alpha value is -5.16. The van der Waals surface area contributed by atoms with Crippen molar-refractivity contribution in [3.8, 4) is 22.8 Å². The molecule has 4 N–H and O–H groups in total. The van der Waals surface area contributed by atoms with Crippen LogP contribution in [0.3, 0.4) is 0 Å². The van der Waals surface area contributed by atoms with Gasteiger partial charge in [0.15, 0.2) is 0 Å². The van der Waals surface area contributed by atoms with Crippen molar-refractivity contribution >= 4 is 24.6 Å². The first kappa shape index (κ1) is 43.0. The number of aromatic nitrogens is 4. The SMILES string of the molecule is COc1ccc(C2=N/C(=C(/CCCCc3cn(CCCCCCCC(=O)N4[C@@H]5[C@H](O)[C@@H](O)[C@@H](O)[C@@H](CO)[C@@H]54)nn3)c3ccc(-c4ccc(OC)cc4)n3B(F)F)C=C2)cc1. The molecule has 2 aromatic heterocycles. The van der Waals surface area contributed by atoms with Gasteiger partial charge in [0.1, 0.15) is 23.7 Å². The minimum atomic E-state index is -2.78. The highest BCUT2D eigenvalue weighted by Crippen LogP contribution is 2.45. The zero-order valence-corrected chi connectivity index (χ0v) is 34.0. The number of hydrogen-bond acceptors (Lipinski definition) is 10. The Morgan fingerprint density at radius 3 is 2.12 bits per heavy atom.